The van der Waals surface area contributed by atoms with Crippen molar-refractivity contribution in [1.82, 2.24) is 10.3 Å². The summed E-state index contributed by atoms with van der Waals surface area (Å²) in [5, 5.41) is 15.8. The number of anilines is 1. The Morgan fingerprint density at radius 1 is 1.37 bits per heavy atom. The standard InChI is InChI=1S/C26H32F2N4O3/c1-5-7-17(24(29)34)18(19-13-30-21(8-15(19)4)22(33)6-2)10-16-12-31-23(9-14(16)3)32-25(35)20-11-26(20,27)28/h7-10,12-13,20-22,30,33H,5-6,11H2,1-4H3,(H2,29,34)(H,31,32,35)/b17-7-,18-10+. The highest BCUT2D eigenvalue weighted by molar-refractivity contribution is 6.00. The lowest BCUT2D eigenvalue weighted by atomic mass is 9.87. The Morgan fingerprint density at radius 2 is 2.06 bits per heavy atom. The fourth-order valence-corrected chi connectivity index (χ4v) is 3.97. The molecule has 1 aromatic rings. The van der Waals surface area contributed by atoms with Crippen molar-refractivity contribution in [2.75, 3.05) is 5.32 Å². The molecule has 1 aliphatic heterocycles. The molecule has 2 aliphatic rings. The van der Waals surface area contributed by atoms with E-state index in [2.05, 4.69) is 15.6 Å². The fourth-order valence-electron chi connectivity index (χ4n) is 3.97. The van der Waals surface area contributed by atoms with E-state index in [0.29, 0.717) is 29.6 Å². The summed E-state index contributed by atoms with van der Waals surface area (Å²) in [6.07, 6.45) is 8.91. The molecule has 9 heteroatoms. The van der Waals surface area contributed by atoms with Gasteiger partial charge in [0, 0.05) is 30.0 Å². The van der Waals surface area contributed by atoms with Crippen molar-refractivity contribution in [3.05, 3.63) is 64.0 Å². The minimum atomic E-state index is -2.95. The van der Waals surface area contributed by atoms with Crippen LogP contribution >= 0.6 is 0 Å². The molecule has 0 aromatic carbocycles. The molecule has 5 N–H and O–H groups in total. The number of allylic oxidation sites excluding steroid dienone is 3. The van der Waals surface area contributed by atoms with Crippen LogP contribution in [0.15, 0.2) is 52.9 Å². The Bertz CT molecular complexity index is 1140. The van der Waals surface area contributed by atoms with E-state index in [9.17, 15) is 23.5 Å². The normalized spacial score (nSPS) is 22.5. The molecule has 3 unspecified atom stereocenters. The SMILES string of the molecule is CC/C=C(C(N)=O)/C(=C\c1cnc(NC(=O)C2CC2(F)F)cc1C)C1=CNC(C(O)CC)C=C1C. The maximum Gasteiger partial charge on any atom is 0.260 e. The zero-order valence-electron chi connectivity index (χ0n) is 20.4. The second kappa shape index (κ2) is 10.5. The third-order valence-corrected chi connectivity index (χ3v) is 6.21. The number of dihydropyridines is 1. The van der Waals surface area contributed by atoms with E-state index >= 15 is 0 Å². The highest BCUT2D eigenvalue weighted by Crippen LogP contribution is 2.49. The van der Waals surface area contributed by atoms with Gasteiger partial charge in [-0.25, -0.2) is 13.8 Å². The first kappa shape index (κ1) is 26.3. The fraction of sp³-hybridized carbons (Fsp3) is 0.423. The Kier molecular flexibility index (Phi) is 7.90. The summed E-state index contributed by atoms with van der Waals surface area (Å²) in [4.78, 5) is 28.6. The van der Waals surface area contributed by atoms with Crippen LogP contribution < -0.4 is 16.4 Å². The maximum absolute atomic E-state index is 13.2. The number of aromatic nitrogens is 1. The van der Waals surface area contributed by atoms with Crippen LogP contribution in [0.2, 0.25) is 0 Å². The van der Waals surface area contributed by atoms with E-state index in [1.165, 1.54) is 6.20 Å². The number of nitrogens with two attached hydrogens (primary N) is 1. The van der Waals surface area contributed by atoms with E-state index < -0.39 is 36.2 Å². The first-order valence-corrected chi connectivity index (χ1v) is 11.7. The Hall–Kier alpha value is -3.33. The molecule has 35 heavy (non-hydrogen) atoms. The van der Waals surface area contributed by atoms with Crippen LogP contribution in [0.3, 0.4) is 0 Å². The summed E-state index contributed by atoms with van der Waals surface area (Å²) < 4.78 is 26.4. The molecule has 2 heterocycles. The zero-order chi connectivity index (χ0) is 25.9. The number of nitrogens with zero attached hydrogens (tertiary/aromatic N) is 1. The van der Waals surface area contributed by atoms with Crippen molar-refractivity contribution in [3.8, 4) is 0 Å². The second-order valence-corrected chi connectivity index (χ2v) is 8.96. The van der Waals surface area contributed by atoms with Gasteiger partial charge >= 0.3 is 0 Å². The molecule has 1 aliphatic carbocycles. The number of hydrogen-bond donors (Lipinski definition) is 4. The molecule has 3 atom stereocenters. The molecule has 188 valence electrons. The van der Waals surface area contributed by atoms with Gasteiger partial charge in [0.25, 0.3) is 5.92 Å². The van der Waals surface area contributed by atoms with Crippen LogP contribution in [-0.2, 0) is 9.59 Å². The monoisotopic (exact) mass is 486 g/mol. The highest BCUT2D eigenvalue weighted by Gasteiger charge is 2.61. The summed E-state index contributed by atoms with van der Waals surface area (Å²) in [7, 11) is 0. The van der Waals surface area contributed by atoms with Crippen molar-refractivity contribution < 1.29 is 23.5 Å². The summed E-state index contributed by atoms with van der Waals surface area (Å²) in [5.74, 6) is -5.42. The van der Waals surface area contributed by atoms with Crippen molar-refractivity contribution >= 4 is 23.7 Å². The summed E-state index contributed by atoms with van der Waals surface area (Å²) in [6.45, 7) is 7.49. The van der Waals surface area contributed by atoms with Gasteiger partial charge in [-0.3, -0.25) is 9.59 Å². The van der Waals surface area contributed by atoms with Gasteiger partial charge in [0.15, 0.2) is 0 Å². The van der Waals surface area contributed by atoms with Gasteiger partial charge in [-0.1, -0.05) is 26.0 Å². The number of aliphatic hydroxyl groups is 1. The van der Waals surface area contributed by atoms with Crippen molar-refractivity contribution in [1.29, 1.82) is 0 Å². The third kappa shape index (κ3) is 6.03. The van der Waals surface area contributed by atoms with E-state index in [1.807, 2.05) is 26.8 Å². The second-order valence-electron chi connectivity index (χ2n) is 8.96. The number of nitrogens with one attached hydrogen (secondary N) is 2. The maximum atomic E-state index is 13.2. The largest absolute Gasteiger partial charge is 0.391 e. The number of primary amides is 1. The van der Waals surface area contributed by atoms with Crippen LogP contribution in [0.1, 0.15) is 51.2 Å². The van der Waals surface area contributed by atoms with Gasteiger partial charge in [-0.2, -0.15) is 0 Å². The van der Waals surface area contributed by atoms with Crippen molar-refractivity contribution in [2.45, 2.75) is 65.0 Å². The lowest BCUT2D eigenvalue weighted by Crippen LogP contribution is -2.37. The van der Waals surface area contributed by atoms with Crippen molar-refractivity contribution in [3.63, 3.8) is 0 Å². The minimum absolute atomic E-state index is 0.180. The molecule has 1 fully saturated rings. The number of alkyl halides is 2. The topological polar surface area (TPSA) is 117 Å². The van der Waals surface area contributed by atoms with E-state index in [1.54, 1.807) is 31.3 Å². The predicted molar refractivity (Wildman–Crippen MR) is 131 cm³/mol. The molecule has 7 nitrogen and oxygen atoms in total. The molecule has 0 saturated heterocycles. The van der Waals surface area contributed by atoms with Gasteiger partial charge in [-0.05, 0) is 61.1 Å². The zero-order valence-corrected chi connectivity index (χ0v) is 20.4. The molecule has 3 rings (SSSR count). The average molecular weight is 487 g/mol. The first-order chi connectivity index (χ1) is 16.5. The number of rotatable bonds is 9. The lowest BCUT2D eigenvalue weighted by Gasteiger charge is -2.27. The summed E-state index contributed by atoms with van der Waals surface area (Å²) in [5.41, 5.74) is 9.66. The third-order valence-electron chi connectivity index (χ3n) is 6.21. The van der Waals surface area contributed by atoms with E-state index in [-0.39, 0.29) is 11.9 Å². The molecule has 2 amide bonds. The summed E-state index contributed by atoms with van der Waals surface area (Å²) >= 11 is 0. The van der Waals surface area contributed by atoms with Crippen LogP contribution in [0.25, 0.3) is 6.08 Å². The van der Waals surface area contributed by atoms with Crippen LogP contribution in [0, 0.1) is 12.8 Å². The Labute approximate surface area is 203 Å². The molecule has 1 aromatic heterocycles. The van der Waals surface area contributed by atoms with Crippen LogP contribution in [-0.4, -0.2) is 40.0 Å². The molecular weight excluding hydrogens is 454 g/mol. The Morgan fingerprint density at radius 3 is 2.57 bits per heavy atom. The lowest BCUT2D eigenvalue weighted by molar-refractivity contribution is -0.119. The molecule has 1 saturated carbocycles. The van der Waals surface area contributed by atoms with Crippen molar-refractivity contribution in [2.24, 2.45) is 11.7 Å². The van der Waals surface area contributed by atoms with Crippen LogP contribution in [0.5, 0.6) is 0 Å². The number of aryl methyl sites for hydroxylation is 1. The number of pyridine rings is 1. The molecule has 0 bridgehead atoms. The number of halogens is 2. The van der Waals surface area contributed by atoms with Gasteiger partial charge in [0.2, 0.25) is 11.8 Å². The van der Waals surface area contributed by atoms with Crippen LogP contribution in [0.4, 0.5) is 14.6 Å². The highest BCUT2D eigenvalue weighted by atomic mass is 19.3. The van der Waals surface area contributed by atoms with E-state index in [0.717, 1.165) is 16.7 Å². The summed E-state index contributed by atoms with van der Waals surface area (Å²) in [6, 6.07) is 1.35. The number of hydrogen-bond acceptors (Lipinski definition) is 5. The van der Waals surface area contributed by atoms with Gasteiger partial charge < -0.3 is 21.5 Å². The van der Waals surface area contributed by atoms with Gasteiger partial charge in [0.1, 0.15) is 11.7 Å². The molecule has 0 spiro atoms. The number of aliphatic hydroxyl groups excluding tert-OH is 1. The van der Waals surface area contributed by atoms with E-state index in [4.69, 9.17) is 5.73 Å². The molecule has 0 radical (unpaired) electrons. The smallest absolute Gasteiger partial charge is 0.260 e. The Balaban J connectivity index is 1.96. The quantitative estimate of drug-likeness (QED) is 0.313. The average Bonchev–Trinajstić information content (AvgIpc) is 3.45. The minimum Gasteiger partial charge on any atom is -0.391 e. The predicted octanol–water partition coefficient (Wildman–Crippen LogP) is 3.76. The number of carbonyl (C=O) groups excluding carboxylic acids is 2. The molecular formula is C26H32F2N4O3. The number of amides is 2. The van der Waals surface area contributed by atoms with Gasteiger partial charge in [0.05, 0.1) is 12.1 Å². The number of carbonyl (C=O) groups is 2. The van der Waals surface area contributed by atoms with Gasteiger partial charge in [-0.15, -0.1) is 0 Å². The first-order valence-electron chi connectivity index (χ1n) is 11.7.